The third-order valence-electron chi connectivity index (χ3n) is 3.41. The first-order valence-electron chi connectivity index (χ1n) is 5.49. The lowest BCUT2D eigenvalue weighted by Crippen LogP contribution is -2.47. The van der Waals surface area contributed by atoms with Crippen molar-refractivity contribution in [1.29, 1.82) is 0 Å². The fraction of sp³-hybridized carbons (Fsp3) is 0.538. The smallest absolute Gasteiger partial charge is 0.122 e. The van der Waals surface area contributed by atoms with Crippen LogP contribution in [0.4, 0.5) is 0 Å². The van der Waals surface area contributed by atoms with E-state index < -0.39 is 0 Å². The molecular weight excluding hydrogens is 186 g/mol. The lowest BCUT2D eigenvalue weighted by molar-refractivity contribution is 0.163. The Hall–Kier alpha value is -1.02. The van der Waals surface area contributed by atoms with Crippen LogP contribution < -0.4 is 10.5 Å². The van der Waals surface area contributed by atoms with Gasteiger partial charge in [-0.3, -0.25) is 0 Å². The highest BCUT2D eigenvalue weighted by Crippen LogP contribution is 2.44. The lowest BCUT2D eigenvalue weighted by Gasteiger charge is -2.44. The van der Waals surface area contributed by atoms with Gasteiger partial charge in [0, 0.05) is 5.54 Å². The maximum absolute atomic E-state index is 6.33. The molecule has 0 unspecified atom stereocenters. The Morgan fingerprint density at radius 1 is 1.40 bits per heavy atom. The minimum absolute atomic E-state index is 0.111. The van der Waals surface area contributed by atoms with Crippen molar-refractivity contribution in [2.45, 2.75) is 32.2 Å². The van der Waals surface area contributed by atoms with E-state index in [-0.39, 0.29) is 5.54 Å². The molecule has 0 amide bonds. The average molecular weight is 205 g/mol. The van der Waals surface area contributed by atoms with Gasteiger partial charge in [0.25, 0.3) is 0 Å². The minimum atomic E-state index is -0.111. The second-order valence-corrected chi connectivity index (χ2v) is 4.85. The van der Waals surface area contributed by atoms with Crippen molar-refractivity contribution >= 4 is 0 Å². The van der Waals surface area contributed by atoms with E-state index >= 15 is 0 Å². The molecular formula is C13H19NO. The molecule has 1 aromatic rings. The van der Waals surface area contributed by atoms with Gasteiger partial charge in [-0.25, -0.2) is 0 Å². The zero-order valence-electron chi connectivity index (χ0n) is 9.71. The molecule has 0 aliphatic heterocycles. The van der Waals surface area contributed by atoms with E-state index in [1.807, 2.05) is 0 Å². The van der Waals surface area contributed by atoms with Gasteiger partial charge in [-0.2, -0.15) is 0 Å². The Labute approximate surface area is 91.4 Å². The number of hydrogen-bond donors (Lipinski definition) is 1. The highest BCUT2D eigenvalue weighted by molar-refractivity contribution is 5.40. The molecule has 0 aromatic heterocycles. The summed E-state index contributed by atoms with van der Waals surface area (Å²) in [6.07, 6.45) is 2.17. The number of aryl methyl sites for hydroxylation is 1. The average Bonchev–Trinajstić information content (AvgIpc) is 2.16. The van der Waals surface area contributed by atoms with Crippen molar-refractivity contribution < 1.29 is 4.74 Å². The van der Waals surface area contributed by atoms with Gasteiger partial charge in [-0.05, 0) is 42.9 Å². The van der Waals surface area contributed by atoms with E-state index in [0.717, 1.165) is 30.1 Å². The Balaban J connectivity index is 2.30. The van der Waals surface area contributed by atoms with E-state index in [1.165, 1.54) is 5.56 Å². The minimum Gasteiger partial charge on any atom is -0.496 e. The van der Waals surface area contributed by atoms with E-state index in [1.54, 1.807) is 7.11 Å². The fourth-order valence-electron chi connectivity index (χ4n) is 2.55. The van der Waals surface area contributed by atoms with Crippen LogP contribution in [-0.2, 0) is 5.54 Å². The molecule has 1 aromatic carbocycles. The third-order valence-corrected chi connectivity index (χ3v) is 3.41. The predicted octanol–water partition coefficient (Wildman–Crippen LogP) is 2.59. The first-order valence-corrected chi connectivity index (χ1v) is 5.49. The SMILES string of the molecule is COc1cc(C2(N)CC(C)C2)ccc1C. The summed E-state index contributed by atoms with van der Waals surface area (Å²) in [6.45, 7) is 4.30. The standard InChI is InChI=1S/C13H19NO/c1-9-7-13(14,8-9)11-5-4-10(2)12(6-11)15-3/h4-6,9H,7-8,14H2,1-3H3. The first kappa shape index (κ1) is 10.5. The molecule has 1 fully saturated rings. The van der Waals surface area contributed by atoms with Crippen LogP contribution in [0, 0.1) is 12.8 Å². The zero-order valence-corrected chi connectivity index (χ0v) is 9.71. The summed E-state index contributed by atoms with van der Waals surface area (Å²) >= 11 is 0. The Bertz CT molecular complexity index is 367. The molecule has 0 bridgehead atoms. The van der Waals surface area contributed by atoms with E-state index in [4.69, 9.17) is 10.5 Å². The van der Waals surface area contributed by atoms with Crippen LogP contribution in [0.1, 0.15) is 30.9 Å². The van der Waals surface area contributed by atoms with Gasteiger partial charge < -0.3 is 10.5 Å². The lowest BCUT2D eigenvalue weighted by atomic mass is 9.66. The number of methoxy groups -OCH3 is 1. The number of ether oxygens (including phenoxy) is 1. The predicted molar refractivity (Wildman–Crippen MR) is 62.0 cm³/mol. The first-order chi connectivity index (χ1) is 7.05. The Morgan fingerprint density at radius 2 is 2.07 bits per heavy atom. The maximum atomic E-state index is 6.33. The van der Waals surface area contributed by atoms with Crippen molar-refractivity contribution in [3.05, 3.63) is 29.3 Å². The van der Waals surface area contributed by atoms with Gasteiger partial charge in [-0.15, -0.1) is 0 Å². The van der Waals surface area contributed by atoms with Crippen molar-refractivity contribution in [3.8, 4) is 5.75 Å². The van der Waals surface area contributed by atoms with Crippen LogP contribution in [0.3, 0.4) is 0 Å². The molecule has 0 heterocycles. The Kier molecular flexibility index (Phi) is 2.47. The molecule has 1 saturated carbocycles. The van der Waals surface area contributed by atoms with E-state index in [0.29, 0.717) is 0 Å². The quantitative estimate of drug-likeness (QED) is 0.805. The van der Waals surface area contributed by atoms with Crippen molar-refractivity contribution in [3.63, 3.8) is 0 Å². The van der Waals surface area contributed by atoms with Crippen LogP contribution in [-0.4, -0.2) is 7.11 Å². The number of benzene rings is 1. The fourth-order valence-corrected chi connectivity index (χ4v) is 2.55. The summed E-state index contributed by atoms with van der Waals surface area (Å²) in [7, 11) is 1.71. The summed E-state index contributed by atoms with van der Waals surface area (Å²) in [6, 6.07) is 6.30. The summed E-state index contributed by atoms with van der Waals surface area (Å²) in [5.74, 6) is 1.69. The normalized spacial score (nSPS) is 29.7. The van der Waals surface area contributed by atoms with Crippen molar-refractivity contribution in [2.75, 3.05) is 7.11 Å². The number of hydrogen-bond acceptors (Lipinski definition) is 2. The van der Waals surface area contributed by atoms with Crippen molar-refractivity contribution in [1.82, 2.24) is 0 Å². The Morgan fingerprint density at radius 3 is 2.60 bits per heavy atom. The summed E-state index contributed by atoms with van der Waals surface area (Å²) in [5, 5.41) is 0. The maximum Gasteiger partial charge on any atom is 0.122 e. The summed E-state index contributed by atoms with van der Waals surface area (Å²) in [4.78, 5) is 0. The van der Waals surface area contributed by atoms with Crippen LogP contribution in [0.15, 0.2) is 18.2 Å². The molecule has 0 saturated heterocycles. The molecule has 82 valence electrons. The van der Waals surface area contributed by atoms with E-state index in [2.05, 4.69) is 32.0 Å². The van der Waals surface area contributed by atoms with E-state index in [9.17, 15) is 0 Å². The molecule has 2 nitrogen and oxygen atoms in total. The molecule has 0 atom stereocenters. The van der Waals surface area contributed by atoms with Crippen LogP contribution >= 0.6 is 0 Å². The third kappa shape index (κ3) is 1.74. The molecule has 1 aliphatic carbocycles. The van der Waals surface area contributed by atoms with Crippen LogP contribution in [0.5, 0.6) is 5.75 Å². The van der Waals surface area contributed by atoms with Gasteiger partial charge in [-0.1, -0.05) is 19.1 Å². The second-order valence-electron chi connectivity index (χ2n) is 4.85. The van der Waals surface area contributed by atoms with Crippen molar-refractivity contribution in [2.24, 2.45) is 11.7 Å². The highest BCUT2D eigenvalue weighted by atomic mass is 16.5. The summed E-state index contributed by atoms with van der Waals surface area (Å²) < 4.78 is 5.32. The van der Waals surface area contributed by atoms with Gasteiger partial charge in [0.1, 0.15) is 5.75 Å². The molecule has 0 spiro atoms. The molecule has 2 N–H and O–H groups in total. The van der Waals surface area contributed by atoms with Gasteiger partial charge in [0.05, 0.1) is 7.11 Å². The van der Waals surface area contributed by atoms with Gasteiger partial charge >= 0.3 is 0 Å². The molecule has 15 heavy (non-hydrogen) atoms. The van der Waals surface area contributed by atoms with Gasteiger partial charge in [0.15, 0.2) is 0 Å². The molecule has 2 rings (SSSR count). The second kappa shape index (κ2) is 3.53. The zero-order chi connectivity index (χ0) is 11.1. The largest absolute Gasteiger partial charge is 0.496 e. The molecule has 2 heteroatoms. The van der Waals surface area contributed by atoms with Gasteiger partial charge in [0.2, 0.25) is 0 Å². The molecule has 1 aliphatic rings. The monoisotopic (exact) mass is 205 g/mol. The number of rotatable bonds is 2. The van der Waals surface area contributed by atoms with Crippen LogP contribution in [0.2, 0.25) is 0 Å². The van der Waals surface area contributed by atoms with Crippen LogP contribution in [0.25, 0.3) is 0 Å². The number of nitrogens with two attached hydrogens (primary N) is 1. The topological polar surface area (TPSA) is 35.2 Å². The summed E-state index contributed by atoms with van der Waals surface area (Å²) in [5.41, 5.74) is 8.60. The highest BCUT2D eigenvalue weighted by Gasteiger charge is 2.39. The molecule has 0 radical (unpaired) electrons.